The predicted octanol–water partition coefficient (Wildman–Crippen LogP) is 4.68. The molecule has 0 amide bonds. The number of hydrogen-bond donors (Lipinski definition) is 0. The summed E-state index contributed by atoms with van der Waals surface area (Å²) in [6.07, 6.45) is 2.89. The highest BCUT2D eigenvalue weighted by atomic mass is 35.5. The zero-order valence-corrected chi connectivity index (χ0v) is 13.8. The number of nitrogens with zero attached hydrogens (tertiary/aromatic N) is 1. The van der Waals surface area contributed by atoms with Gasteiger partial charge in [-0.05, 0) is 37.1 Å². The van der Waals surface area contributed by atoms with Crippen LogP contribution in [0.4, 0.5) is 0 Å². The van der Waals surface area contributed by atoms with Crippen LogP contribution in [-0.2, 0) is 12.3 Å². The van der Waals surface area contributed by atoms with Crippen molar-refractivity contribution in [3.05, 3.63) is 40.3 Å². The molecule has 0 saturated heterocycles. The Kier molecular flexibility index (Phi) is 6.83. The van der Waals surface area contributed by atoms with Crippen LogP contribution < -0.4 is 9.47 Å². The molecule has 2 aromatic rings. The molecule has 1 aromatic heterocycles. The lowest BCUT2D eigenvalue weighted by molar-refractivity contribution is 0.305. The second-order valence-corrected chi connectivity index (χ2v) is 5.85. The Balaban J connectivity index is 1.68. The summed E-state index contributed by atoms with van der Waals surface area (Å²) in [5.74, 6) is 2.25. The number of aromatic nitrogens is 1. The fourth-order valence-electron chi connectivity index (χ4n) is 1.79. The second kappa shape index (κ2) is 8.90. The van der Waals surface area contributed by atoms with Crippen molar-refractivity contribution >= 4 is 22.9 Å². The van der Waals surface area contributed by atoms with Gasteiger partial charge in [-0.1, -0.05) is 6.92 Å². The van der Waals surface area contributed by atoms with Gasteiger partial charge in [0.15, 0.2) is 0 Å². The molecule has 0 bridgehead atoms. The number of thiazole rings is 1. The molecule has 2 rings (SSSR count). The van der Waals surface area contributed by atoms with Gasteiger partial charge in [-0.15, -0.1) is 22.9 Å². The molecule has 0 aliphatic carbocycles. The molecule has 3 nitrogen and oxygen atoms in total. The first-order valence-corrected chi connectivity index (χ1v) is 8.58. The van der Waals surface area contributed by atoms with Crippen LogP contribution in [0.3, 0.4) is 0 Å². The van der Waals surface area contributed by atoms with Gasteiger partial charge in [0, 0.05) is 11.8 Å². The molecule has 0 spiro atoms. The lowest BCUT2D eigenvalue weighted by atomic mass is 10.3. The normalized spacial score (nSPS) is 10.6. The lowest BCUT2D eigenvalue weighted by Crippen LogP contribution is -2.00. The van der Waals surface area contributed by atoms with Crippen molar-refractivity contribution < 1.29 is 9.47 Å². The molecule has 21 heavy (non-hydrogen) atoms. The van der Waals surface area contributed by atoms with Gasteiger partial charge < -0.3 is 9.47 Å². The van der Waals surface area contributed by atoms with E-state index in [1.54, 1.807) is 11.3 Å². The summed E-state index contributed by atoms with van der Waals surface area (Å²) in [6, 6.07) is 7.77. The van der Waals surface area contributed by atoms with Gasteiger partial charge in [-0.25, -0.2) is 4.98 Å². The first-order valence-electron chi connectivity index (χ1n) is 7.16. The zero-order valence-electron chi connectivity index (χ0n) is 12.2. The monoisotopic (exact) mass is 325 g/mol. The van der Waals surface area contributed by atoms with E-state index in [4.69, 9.17) is 21.1 Å². The maximum absolute atomic E-state index is 5.74. The second-order valence-electron chi connectivity index (χ2n) is 4.64. The third kappa shape index (κ3) is 5.56. The third-order valence-corrected chi connectivity index (χ3v) is 4.07. The molecule has 0 atom stereocenters. The number of benzene rings is 1. The van der Waals surface area contributed by atoms with Crippen molar-refractivity contribution in [2.75, 3.05) is 13.2 Å². The topological polar surface area (TPSA) is 31.4 Å². The number of ether oxygens (including phenoxy) is 2. The molecule has 0 N–H and O–H groups in total. The highest BCUT2D eigenvalue weighted by Crippen LogP contribution is 2.18. The Morgan fingerprint density at radius 1 is 1.10 bits per heavy atom. The molecule has 1 heterocycles. The minimum absolute atomic E-state index is 0.486. The van der Waals surface area contributed by atoms with E-state index in [1.807, 2.05) is 29.6 Å². The van der Waals surface area contributed by atoms with E-state index in [0.29, 0.717) is 12.5 Å². The van der Waals surface area contributed by atoms with Crippen LogP contribution in [0.15, 0.2) is 29.6 Å². The fourth-order valence-corrected chi connectivity index (χ4v) is 2.86. The van der Waals surface area contributed by atoms with E-state index in [2.05, 4.69) is 11.9 Å². The van der Waals surface area contributed by atoms with E-state index in [1.165, 1.54) is 0 Å². The molecular formula is C16H20ClNO2S. The Bertz CT molecular complexity index is 527. The van der Waals surface area contributed by atoms with Crippen LogP contribution in [0.25, 0.3) is 0 Å². The smallest absolute Gasteiger partial charge is 0.119 e. The van der Waals surface area contributed by atoms with Gasteiger partial charge in [0.1, 0.15) is 11.5 Å². The van der Waals surface area contributed by atoms with Gasteiger partial charge in [0.25, 0.3) is 0 Å². The van der Waals surface area contributed by atoms with Gasteiger partial charge in [0.2, 0.25) is 0 Å². The summed E-state index contributed by atoms with van der Waals surface area (Å²) in [5, 5.41) is 3.13. The number of hydrogen-bond acceptors (Lipinski definition) is 4. The summed E-state index contributed by atoms with van der Waals surface area (Å²) in [4.78, 5) is 4.43. The zero-order chi connectivity index (χ0) is 14.9. The van der Waals surface area contributed by atoms with Crippen LogP contribution >= 0.6 is 22.9 Å². The van der Waals surface area contributed by atoms with Gasteiger partial charge in [0.05, 0.1) is 29.8 Å². The van der Waals surface area contributed by atoms with E-state index in [-0.39, 0.29) is 0 Å². The fraction of sp³-hybridized carbons (Fsp3) is 0.438. The molecule has 0 fully saturated rings. The van der Waals surface area contributed by atoms with Crippen molar-refractivity contribution in [2.24, 2.45) is 0 Å². The highest BCUT2D eigenvalue weighted by molar-refractivity contribution is 7.09. The summed E-state index contributed by atoms with van der Waals surface area (Å²) in [7, 11) is 0. The summed E-state index contributed by atoms with van der Waals surface area (Å²) in [5.41, 5.74) is 0.959. The Morgan fingerprint density at radius 2 is 1.76 bits per heavy atom. The molecule has 114 valence electrons. The van der Waals surface area contributed by atoms with Gasteiger partial charge in [-0.3, -0.25) is 0 Å². The summed E-state index contributed by atoms with van der Waals surface area (Å²) < 4.78 is 11.2. The first-order chi connectivity index (χ1) is 10.3. The molecule has 5 heteroatoms. The number of halogens is 1. The van der Waals surface area contributed by atoms with Crippen molar-refractivity contribution in [3.63, 3.8) is 0 Å². The maximum Gasteiger partial charge on any atom is 0.119 e. The van der Waals surface area contributed by atoms with E-state index in [9.17, 15) is 0 Å². The quantitative estimate of drug-likeness (QED) is 0.495. The number of aryl methyl sites for hydroxylation is 1. The number of rotatable bonds is 9. The van der Waals surface area contributed by atoms with Gasteiger partial charge >= 0.3 is 0 Å². The molecule has 0 aliphatic rings. The van der Waals surface area contributed by atoms with Crippen LogP contribution in [0.5, 0.6) is 11.5 Å². The standard InChI is InChI=1S/C16H20ClNO2S/c1-2-9-19-14-5-7-15(8-6-14)20-10-3-4-16-18-13(11-17)12-21-16/h5-8,12H,2-4,9-11H2,1H3. The molecule has 1 aromatic carbocycles. The molecular weight excluding hydrogens is 306 g/mol. The van der Waals surface area contributed by atoms with Crippen molar-refractivity contribution in [1.82, 2.24) is 4.98 Å². The van der Waals surface area contributed by atoms with Crippen LogP contribution in [0.2, 0.25) is 0 Å². The SMILES string of the molecule is CCCOc1ccc(OCCCc2nc(CCl)cs2)cc1. The maximum atomic E-state index is 5.74. The Labute approximate surface area is 134 Å². The van der Waals surface area contributed by atoms with Crippen molar-refractivity contribution in [3.8, 4) is 11.5 Å². The largest absolute Gasteiger partial charge is 0.494 e. The summed E-state index contributed by atoms with van der Waals surface area (Å²) >= 11 is 7.40. The Hall–Kier alpha value is -1.26. The molecule has 0 unspecified atom stereocenters. The van der Waals surface area contributed by atoms with Crippen molar-refractivity contribution in [1.29, 1.82) is 0 Å². The lowest BCUT2D eigenvalue weighted by Gasteiger charge is -2.07. The predicted molar refractivity (Wildman–Crippen MR) is 87.7 cm³/mol. The number of alkyl halides is 1. The van der Waals surface area contributed by atoms with E-state index >= 15 is 0 Å². The van der Waals surface area contributed by atoms with Gasteiger partial charge in [-0.2, -0.15) is 0 Å². The average molecular weight is 326 g/mol. The van der Waals surface area contributed by atoms with E-state index < -0.39 is 0 Å². The molecule has 0 radical (unpaired) electrons. The summed E-state index contributed by atoms with van der Waals surface area (Å²) in [6.45, 7) is 3.53. The van der Waals surface area contributed by atoms with Crippen LogP contribution in [0, 0.1) is 0 Å². The minimum Gasteiger partial charge on any atom is -0.494 e. The molecule has 0 aliphatic heterocycles. The van der Waals surface area contributed by atoms with Crippen LogP contribution in [-0.4, -0.2) is 18.2 Å². The average Bonchev–Trinajstić information content (AvgIpc) is 2.99. The van der Waals surface area contributed by atoms with Crippen LogP contribution in [0.1, 0.15) is 30.5 Å². The first kappa shape index (κ1) is 16.1. The molecule has 0 saturated carbocycles. The minimum atomic E-state index is 0.486. The highest BCUT2D eigenvalue weighted by Gasteiger charge is 2.01. The Morgan fingerprint density at radius 3 is 2.33 bits per heavy atom. The third-order valence-electron chi connectivity index (χ3n) is 2.84. The van der Waals surface area contributed by atoms with Crippen molar-refractivity contribution in [2.45, 2.75) is 32.1 Å². The van der Waals surface area contributed by atoms with E-state index in [0.717, 1.165) is 48.1 Å².